The highest BCUT2D eigenvalue weighted by molar-refractivity contribution is 6.31. The smallest absolute Gasteiger partial charge is 0.243 e. The van der Waals surface area contributed by atoms with Gasteiger partial charge in [0.25, 0.3) is 0 Å². The third-order valence-electron chi connectivity index (χ3n) is 2.63. The molecule has 20 heavy (non-hydrogen) atoms. The first kappa shape index (κ1) is 14.1. The zero-order valence-corrected chi connectivity index (χ0v) is 11.7. The third kappa shape index (κ3) is 2.79. The van der Waals surface area contributed by atoms with Crippen molar-refractivity contribution in [3.8, 4) is 17.7 Å². The van der Waals surface area contributed by atoms with E-state index < -0.39 is 0 Å². The van der Waals surface area contributed by atoms with Gasteiger partial charge in [-0.2, -0.15) is 10.2 Å². The zero-order valence-electron chi connectivity index (χ0n) is 10.9. The molecule has 0 unspecified atom stereocenters. The standard InChI is InChI=1S/C13H12ClN5O/c1-7-3-9(5-15)4-8(2)11(7)20-12-10(14)6-17-13(18-12)19-16/h3-4,6H,16H2,1-2H3,(H,17,18,19). The number of anilines is 1. The fraction of sp³-hybridized carbons (Fsp3) is 0.154. The zero-order chi connectivity index (χ0) is 14.7. The molecule has 0 bridgehead atoms. The molecule has 3 N–H and O–H groups in total. The number of nitriles is 1. The number of nitrogens with one attached hydrogen (secondary N) is 1. The number of nitrogens with zero attached hydrogens (tertiary/aromatic N) is 3. The van der Waals surface area contributed by atoms with Crippen LogP contribution in [0.4, 0.5) is 5.95 Å². The molecule has 2 aromatic rings. The van der Waals surface area contributed by atoms with Crippen molar-refractivity contribution in [2.24, 2.45) is 5.84 Å². The number of hydrazine groups is 1. The van der Waals surface area contributed by atoms with E-state index in [4.69, 9.17) is 27.4 Å². The summed E-state index contributed by atoms with van der Waals surface area (Å²) >= 11 is 6.00. The molecule has 0 aliphatic carbocycles. The average molecular weight is 290 g/mol. The molecule has 1 aromatic heterocycles. The van der Waals surface area contributed by atoms with Crippen LogP contribution < -0.4 is 16.0 Å². The molecule has 7 heteroatoms. The van der Waals surface area contributed by atoms with Crippen LogP contribution in [-0.4, -0.2) is 9.97 Å². The van der Waals surface area contributed by atoms with Crippen molar-refractivity contribution in [3.05, 3.63) is 40.0 Å². The number of hydrogen-bond donors (Lipinski definition) is 2. The van der Waals surface area contributed by atoms with Gasteiger partial charge in [-0.25, -0.2) is 10.8 Å². The molecule has 2 rings (SSSR count). The number of ether oxygens (including phenoxy) is 1. The highest BCUT2D eigenvalue weighted by Crippen LogP contribution is 2.32. The van der Waals surface area contributed by atoms with Gasteiger partial charge in [-0.05, 0) is 37.1 Å². The van der Waals surface area contributed by atoms with Gasteiger partial charge in [-0.1, -0.05) is 11.6 Å². The molecule has 102 valence electrons. The number of hydrogen-bond acceptors (Lipinski definition) is 6. The first-order chi connectivity index (χ1) is 9.55. The summed E-state index contributed by atoms with van der Waals surface area (Å²) in [5, 5.41) is 9.20. The summed E-state index contributed by atoms with van der Waals surface area (Å²) in [7, 11) is 0. The van der Waals surface area contributed by atoms with Gasteiger partial charge in [0, 0.05) is 0 Å². The van der Waals surface area contributed by atoms with Crippen LogP contribution in [0.25, 0.3) is 0 Å². The van der Waals surface area contributed by atoms with E-state index in [-0.39, 0.29) is 16.9 Å². The monoisotopic (exact) mass is 289 g/mol. The molecule has 0 radical (unpaired) electrons. The van der Waals surface area contributed by atoms with E-state index in [1.54, 1.807) is 12.1 Å². The maximum absolute atomic E-state index is 8.92. The van der Waals surface area contributed by atoms with Crippen molar-refractivity contribution < 1.29 is 4.74 Å². The second-order valence-electron chi connectivity index (χ2n) is 4.14. The van der Waals surface area contributed by atoms with E-state index in [9.17, 15) is 0 Å². The quantitative estimate of drug-likeness (QED) is 0.666. The molecule has 0 amide bonds. The summed E-state index contributed by atoms with van der Waals surface area (Å²) in [5.41, 5.74) is 4.53. The summed E-state index contributed by atoms with van der Waals surface area (Å²) in [5.74, 6) is 6.26. The molecule has 0 saturated carbocycles. The van der Waals surface area contributed by atoms with Crippen LogP contribution in [0.1, 0.15) is 16.7 Å². The predicted molar refractivity (Wildman–Crippen MR) is 75.6 cm³/mol. The summed E-state index contributed by atoms with van der Waals surface area (Å²) in [6.45, 7) is 3.70. The van der Waals surface area contributed by atoms with Gasteiger partial charge in [-0.15, -0.1) is 0 Å². The van der Waals surface area contributed by atoms with Crippen LogP contribution in [-0.2, 0) is 0 Å². The molecule has 6 nitrogen and oxygen atoms in total. The second kappa shape index (κ2) is 5.74. The summed E-state index contributed by atoms with van der Waals surface area (Å²) in [6, 6.07) is 5.57. The summed E-state index contributed by atoms with van der Waals surface area (Å²) in [6.07, 6.45) is 1.40. The Morgan fingerprint density at radius 3 is 2.55 bits per heavy atom. The first-order valence-corrected chi connectivity index (χ1v) is 6.11. The fourth-order valence-corrected chi connectivity index (χ4v) is 1.89. The van der Waals surface area contributed by atoms with Gasteiger partial charge in [0.2, 0.25) is 11.8 Å². The Morgan fingerprint density at radius 1 is 1.35 bits per heavy atom. The minimum Gasteiger partial charge on any atom is -0.437 e. The van der Waals surface area contributed by atoms with E-state index in [1.807, 2.05) is 13.8 Å². The lowest BCUT2D eigenvalue weighted by atomic mass is 10.1. The van der Waals surface area contributed by atoms with Gasteiger partial charge in [0.1, 0.15) is 10.8 Å². The van der Waals surface area contributed by atoms with Gasteiger partial charge in [0.05, 0.1) is 17.8 Å². The number of rotatable bonds is 3. The van der Waals surface area contributed by atoms with Crippen LogP contribution in [0.2, 0.25) is 5.02 Å². The predicted octanol–water partition coefficient (Wildman–Crippen LogP) is 2.70. The molecular weight excluding hydrogens is 278 g/mol. The molecule has 1 heterocycles. The fourth-order valence-electron chi connectivity index (χ4n) is 1.77. The van der Waals surface area contributed by atoms with Crippen molar-refractivity contribution in [2.75, 3.05) is 5.43 Å². The van der Waals surface area contributed by atoms with Crippen molar-refractivity contribution in [3.63, 3.8) is 0 Å². The minimum absolute atomic E-state index is 0.200. The Labute approximate surface area is 121 Å². The van der Waals surface area contributed by atoms with Crippen LogP contribution in [0, 0.1) is 25.2 Å². The van der Waals surface area contributed by atoms with Gasteiger partial charge in [0.15, 0.2) is 0 Å². The van der Waals surface area contributed by atoms with E-state index in [0.717, 1.165) is 11.1 Å². The largest absolute Gasteiger partial charge is 0.437 e. The summed E-state index contributed by atoms with van der Waals surface area (Å²) in [4.78, 5) is 7.91. The van der Waals surface area contributed by atoms with E-state index in [2.05, 4.69) is 21.5 Å². The molecule has 1 aromatic carbocycles. The van der Waals surface area contributed by atoms with E-state index in [0.29, 0.717) is 11.3 Å². The molecule has 0 saturated heterocycles. The molecule has 0 aliphatic heterocycles. The highest BCUT2D eigenvalue weighted by Gasteiger charge is 2.12. The Balaban J connectivity index is 2.43. The Bertz CT molecular complexity index is 673. The first-order valence-electron chi connectivity index (χ1n) is 5.73. The van der Waals surface area contributed by atoms with Crippen LogP contribution in [0.5, 0.6) is 11.6 Å². The van der Waals surface area contributed by atoms with Crippen molar-refractivity contribution in [1.29, 1.82) is 5.26 Å². The Kier molecular flexibility index (Phi) is 4.03. The average Bonchev–Trinajstić information content (AvgIpc) is 2.44. The van der Waals surface area contributed by atoms with E-state index >= 15 is 0 Å². The lowest BCUT2D eigenvalue weighted by molar-refractivity contribution is 0.455. The second-order valence-corrected chi connectivity index (χ2v) is 4.55. The van der Waals surface area contributed by atoms with Crippen LogP contribution >= 0.6 is 11.6 Å². The van der Waals surface area contributed by atoms with Crippen molar-refractivity contribution in [2.45, 2.75) is 13.8 Å². The van der Waals surface area contributed by atoms with Gasteiger partial charge in [-0.3, -0.25) is 5.43 Å². The third-order valence-corrected chi connectivity index (χ3v) is 2.89. The van der Waals surface area contributed by atoms with Crippen LogP contribution in [0.15, 0.2) is 18.3 Å². The topological polar surface area (TPSA) is 96.8 Å². The number of nitrogen functional groups attached to an aromatic ring is 1. The Morgan fingerprint density at radius 2 is 2.00 bits per heavy atom. The lowest BCUT2D eigenvalue weighted by Crippen LogP contribution is -2.10. The van der Waals surface area contributed by atoms with Crippen molar-refractivity contribution >= 4 is 17.5 Å². The van der Waals surface area contributed by atoms with Gasteiger partial charge >= 0.3 is 0 Å². The molecule has 0 fully saturated rings. The maximum Gasteiger partial charge on any atom is 0.243 e. The van der Waals surface area contributed by atoms with E-state index in [1.165, 1.54) is 6.20 Å². The molecule has 0 spiro atoms. The summed E-state index contributed by atoms with van der Waals surface area (Å²) < 4.78 is 5.72. The number of nitrogens with two attached hydrogens (primary N) is 1. The lowest BCUT2D eigenvalue weighted by Gasteiger charge is -2.12. The highest BCUT2D eigenvalue weighted by atomic mass is 35.5. The number of aryl methyl sites for hydroxylation is 2. The number of benzene rings is 1. The van der Waals surface area contributed by atoms with Crippen molar-refractivity contribution in [1.82, 2.24) is 9.97 Å². The number of aromatic nitrogens is 2. The minimum atomic E-state index is 0.200. The van der Waals surface area contributed by atoms with Crippen LogP contribution in [0.3, 0.4) is 0 Å². The SMILES string of the molecule is Cc1cc(C#N)cc(C)c1Oc1nc(NN)ncc1Cl. The maximum atomic E-state index is 8.92. The normalized spacial score (nSPS) is 9.95. The van der Waals surface area contributed by atoms with Gasteiger partial charge < -0.3 is 4.74 Å². The molecule has 0 aliphatic rings. The number of halogens is 1. The molecule has 0 atom stereocenters. The Hall–Kier alpha value is -2.36. The molecular formula is C13H12ClN5O.